The molecule has 2 aliphatic carbocycles. The lowest BCUT2D eigenvalue weighted by molar-refractivity contribution is -0.141. The van der Waals surface area contributed by atoms with Gasteiger partial charge in [-0.2, -0.15) is 13.2 Å². The maximum Gasteiger partial charge on any atom is 0.433 e. The van der Waals surface area contributed by atoms with E-state index in [9.17, 15) is 18.0 Å². The van der Waals surface area contributed by atoms with Crippen molar-refractivity contribution in [3.05, 3.63) is 42.0 Å². The van der Waals surface area contributed by atoms with Crippen LogP contribution in [0.15, 0.2) is 30.6 Å². The van der Waals surface area contributed by atoms with Crippen LogP contribution in [-0.4, -0.2) is 105 Å². The Hall–Kier alpha value is -4.37. The monoisotopic (exact) mass is 707 g/mol. The summed E-state index contributed by atoms with van der Waals surface area (Å²) in [5.41, 5.74) is 2.53. The maximum atomic E-state index is 14.0. The second-order valence-electron chi connectivity index (χ2n) is 14.5. The molecule has 0 spiro atoms. The van der Waals surface area contributed by atoms with Gasteiger partial charge >= 0.3 is 12.1 Å². The van der Waals surface area contributed by atoms with Crippen LogP contribution in [0.3, 0.4) is 0 Å². The van der Waals surface area contributed by atoms with Crippen LogP contribution in [0.5, 0.6) is 0 Å². The summed E-state index contributed by atoms with van der Waals surface area (Å²) in [7, 11) is 3.72. The third-order valence-corrected chi connectivity index (χ3v) is 10.5. The molecule has 7 rings (SSSR count). The predicted octanol–water partition coefficient (Wildman–Crippen LogP) is 6.00. The smallest absolute Gasteiger partial charge is 0.433 e. The van der Waals surface area contributed by atoms with E-state index in [1.165, 1.54) is 0 Å². The number of aromatic amines is 1. The first kappa shape index (κ1) is 35.1. The van der Waals surface area contributed by atoms with Gasteiger partial charge in [0.25, 0.3) is 0 Å². The Labute approximate surface area is 294 Å². The summed E-state index contributed by atoms with van der Waals surface area (Å²) >= 11 is 0. The Morgan fingerprint density at radius 3 is 2.51 bits per heavy atom. The third-order valence-electron chi connectivity index (χ3n) is 10.5. The van der Waals surface area contributed by atoms with Gasteiger partial charge in [0.05, 0.1) is 36.8 Å². The zero-order valence-corrected chi connectivity index (χ0v) is 29.2. The van der Waals surface area contributed by atoms with E-state index in [0.717, 1.165) is 56.8 Å². The summed E-state index contributed by atoms with van der Waals surface area (Å²) in [4.78, 5) is 43.9. The van der Waals surface area contributed by atoms with Crippen LogP contribution in [0.4, 0.5) is 24.7 Å². The van der Waals surface area contributed by atoms with Crippen molar-refractivity contribution in [2.75, 3.05) is 63.3 Å². The number of carboxylic acids is 1. The number of anilines is 2. The molecule has 4 aromatic rings. The number of nitrogens with one attached hydrogen (secondary N) is 1. The molecule has 12 nitrogen and oxygen atoms in total. The van der Waals surface area contributed by atoms with Crippen LogP contribution in [0, 0.1) is 5.41 Å². The van der Waals surface area contributed by atoms with Crippen molar-refractivity contribution in [2.24, 2.45) is 5.41 Å². The largest absolute Gasteiger partial charge is 0.481 e. The molecule has 2 saturated carbocycles. The number of hydrogen-bond donors (Lipinski definition) is 2. The second kappa shape index (κ2) is 14.0. The van der Waals surface area contributed by atoms with E-state index < -0.39 is 17.8 Å². The zero-order valence-electron chi connectivity index (χ0n) is 29.2. The van der Waals surface area contributed by atoms with Gasteiger partial charge in [-0.1, -0.05) is 12.8 Å². The molecule has 272 valence electrons. The fourth-order valence-corrected chi connectivity index (χ4v) is 7.72. The number of ether oxygens (including phenoxy) is 1. The quantitative estimate of drug-likeness (QED) is 0.179. The third kappa shape index (κ3) is 7.64. The van der Waals surface area contributed by atoms with Crippen molar-refractivity contribution in [3.8, 4) is 22.8 Å². The molecule has 0 radical (unpaired) electrons. The first-order valence-electron chi connectivity index (χ1n) is 17.6. The van der Waals surface area contributed by atoms with Crippen LogP contribution < -0.4 is 9.80 Å². The van der Waals surface area contributed by atoms with Gasteiger partial charge in [0.15, 0.2) is 11.5 Å². The highest BCUT2D eigenvalue weighted by molar-refractivity contribution is 5.91. The fraction of sp³-hybridized carbons (Fsp3) is 0.556. The molecule has 3 fully saturated rings. The van der Waals surface area contributed by atoms with Crippen molar-refractivity contribution in [2.45, 2.75) is 70.0 Å². The summed E-state index contributed by atoms with van der Waals surface area (Å²) < 4.78 is 47.7. The molecule has 1 aliphatic heterocycles. The van der Waals surface area contributed by atoms with Crippen molar-refractivity contribution in [1.82, 2.24) is 34.8 Å². The number of pyridine rings is 2. The van der Waals surface area contributed by atoms with Gasteiger partial charge < -0.3 is 24.6 Å². The highest BCUT2D eigenvalue weighted by Gasteiger charge is 2.37. The standard InChI is InChI=1S/C36H44F3N9O3/c1-22-19-48(13-12-47(22)11-8-31(49)50)30-18-40-27(17-41-30)33-44-32-28(46(2)20-35(21-51-3)9-4-5-10-35)16-26(43-34(32)45-33)24-14-25(23-6-7-23)42-29(15-24)36(37,38)39/h14-18,22-23H,4-13,19-21H2,1-3H3,(H,49,50)(H,43,44,45)/t22-/m0/s1. The number of methoxy groups -OCH3 is 1. The Kier molecular flexibility index (Phi) is 9.61. The first-order chi connectivity index (χ1) is 24.4. The number of carbonyl (C=O) groups is 1. The van der Waals surface area contributed by atoms with Gasteiger partial charge in [-0.3, -0.25) is 9.69 Å². The average molecular weight is 708 g/mol. The van der Waals surface area contributed by atoms with Crippen LogP contribution in [0.25, 0.3) is 33.9 Å². The number of H-pyrrole nitrogens is 1. The SMILES string of the molecule is COCC1(CN(C)c2cc(-c3cc(C4CC4)nc(C(F)(F)F)c3)nc3nc(-c4cnc(N5CCN(CCC(=O)O)[C@@H](C)C5)cn4)[nH]c23)CCCC1. The average Bonchev–Trinajstić information content (AvgIpc) is 3.71. The van der Waals surface area contributed by atoms with E-state index in [4.69, 9.17) is 29.8 Å². The van der Waals surface area contributed by atoms with E-state index in [-0.39, 0.29) is 23.8 Å². The van der Waals surface area contributed by atoms with Crippen LogP contribution >= 0.6 is 0 Å². The highest BCUT2D eigenvalue weighted by atomic mass is 19.4. The van der Waals surface area contributed by atoms with Crippen LogP contribution in [0.1, 0.15) is 69.2 Å². The Morgan fingerprint density at radius 2 is 1.86 bits per heavy atom. The molecule has 1 saturated heterocycles. The molecule has 4 aromatic heterocycles. The number of nitrogens with zero attached hydrogens (tertiary/aromatic N) is 8. The summed E-state index contributed by atoms with van der Waals surface area (Å²) in [6.45, 7) is 6.01. The number of halogens is 3. The highest BCUT2D eigenvalue weighted by Crippen LogP contribution is 2.44. The predicted molar refractivity (Wildman–Crippen MR) is 187 cm³/mol. The Balaban J connectivity index is 1.22. The molecule has 5 heterocycles. The number of imidazole rings is 1. The summed E-state index contributed by atoms with van der Waals surface area (Å²) in [5.74, 6) is 0.384. The van der Waals surface area contributed by atoms with Gasteiger partial charge in [0.1, 0.15) is 22.7 Å². The topological polar surface area (TPSA) is 136 Å². The van der Waals surface area contributed by atoms with Gasteiger partial charge in [-0.05, 0) is 50.8 Å². The normalized spacial score (nSPS) is 19.6. The lowest BCUT2D eigenvalue weighted by atomic mass is 9.86. The Morgan fingerprint density at radius 1 is 1.08 bits per heavy atom. The van der Waals surface area contributed by atoms with Gasteiger partial charge in [0, 0.05) is 75.5 Å². The minimum absolute atomic E-state index is 0.0238. The molecule has 0 bridgehead atoms. The molecule has 0 unspecified atom stereocenters. The fourth-order valence-electron chi connectivity index (χ4n) is 7.72. The van der Waals surface area contributed by atoms with Gasteiger partial charge in [-0.15, -0.1) is 0 Å². The first-order valence-corrected chi connectivity index (χ1v) is 17.6. The van der Waals surface area contributed by atoms with E-state index in [0.29, 0.717) is 78.2 Å². The number of aromatic nitrogens is 6. The summed E-state index contributed by atoms with van der Waals surface area (Å²) in [6.07, 6.45) is 4.83. The number of hydrogen-bond acceptors (Lipinski definition) is 10. The molecular weight excluding hydrogens is 663 g/mol. The van der Waals surface area contributed by atoms with E-state index in [1.807, 2.05) is 13.1 Å². The van der Waals surface area contributed by atoms with Crippen molar-refractivity contribution in [3.63, 3.8) is 0 Å². The molecule has 51 heavy (non-hydrogen) atoms. The van der Waals surface area contributed by atoms with Crippen molar-refractivity contribution in [1.29, 1.82) is 0 Å². The van der Waals surface area contributed by atoms with Gasteiger partial charge in [-0.25, -0.2) is 24.9 Å². The molecule has 15 heteroatoms. The molecule has 2 N–H and O–H groups in total. The molecule has 0 amide bonds. The molecule has 3 aliphatic rings. The second-order valence-corrected chi connectivity index (χ2v) is 14.5. The minimum Gasteiger partial charge on any atom is -0.481 e. The number of fused-ring (bicyclic) bond motifs is 1. The number of piperazine rings is 1. The lowest BCUT2D eigenvalue weighted by Gasteiger charge is -2.40. The van der Waals surface area contributed by atoms with Crippen molar-refractivity contribution < 1.29 is 27.8 Å². The van der Waals surface area contributed by atoms with Crippen LogP contribution in [-0.2, 0) is 15.7 Å². The molecule has 1 atom stereocenters. The Bertz CT molecular complexity index is 1870. The minimum atomic E-state index is -4.59. The van der Waals surface area contributed by atoms with Gasteiger partial charge in [0.2, 0.25) is 0 Å². The lowest BCUT2D eigenvalue weighted by Crippen LogP contribution is -2.52. The van der Waals surface area contributed by atoms with E-state index in [1.54, 1.807) is 25.6 Å². The number of carboxylic acid groups (broad SMARTS) is 1. The molecule has 0 aromatic carbocycles. The maximum absolute atomic E-state index is 14.0. The van der Waals surface area contributed by atoms with Crippen molar-refractivity contribution >= 4 is 28.6 Å². The summed E-state index contributed by atoms with van der Waals surface area (Å²) in [5, 5.41) is 9.08. The van der Waals surface area contributed by atoms with E-state index in [2.05, 4.69) is 31.6 Å². The summed E-state index contributed by atoms with van der Waals surface area (Å²) in [6, 6.07) is 4.82. The van der Waals surface area contributed by atoms with E-state index >= 15 is 0 Å². The zero-order chi connectivity index (χ0) is 35.9. The number of alkyl halides is 3. The molecular formula is C36H44F3N9O3. The number of aliphatic carboxylic acids is 1. The number of rotatable bonds is 12. The van der Waals surface area contributed by atoms with Crippen LogP contribution in [0.2, 0.25) is 0 Å².